The van der Waals surface area contributed by atoms with Gasteiger partial charge in [-0.25, -0.2) is 13.8 Å². The van der Waals surface area contributed by atoms with Crippen LogP contribution in [0.15, 0.2) is 65.8 Å². The van der Waals surface area contributed by atoms with Crippen molar-refractivity contribution in [3.05, 3.63) is 88.5 Å². The molecule has 0 saturated heterocycles. The first kappa shape index (κ1) is 25.8. The number of ether oxygens (including phenoxy) is 2. The summed E-state index contributed by atoms with van der Waals surface area (Å²) in [6.07, 6.45) is 2.68. The normalized spacial score (nSPS) is 11.3. The number of carbonyl (C=O) groups excluding carboxylic acids is 1. The Bertz CT molecular complexity index is 1340. The standard InChI is InChI=1S/C26H29N3O5S/c1-18-6-12-23(14-19(18)2)29(35(5,31)32)17-20-7-10-22(11-8-20)26(30)28-27-16-21-9-13-24(33-3)25(15-21)34-4/h6-16H,17H2,1-5H3,(H,28,30)/b27-16-. The molecule has 0 aliphatic carbocycles. The number of amides is 1. The molecule has 0 bridgehead atoms. The van der Waals surface area contributed by atoms with E-state index in [0.717, 1.165) is 22.3 Å². The van der Waals surface area contributed by atoms with Crippen LogP contribution in [-0.4, -0.2) is 41.0 Å². The molecule has 0 fully saturated rings. The third-order valence-corrected chi connectivity index (χ3v) is 6.65. The molecule has 0 unspecified atom stereocenters. The lowest BCUT2D eigenvalue weighted by Crippen LogP contribution is -2.29. The molecule has 3 aromatic rings. The largest absolute Gasteiger partial charge is 0.493 e. The predicted molar refractivity (Wildman–Crippen MR) is 138 cm³/mol. The van der Waals surface area contributed by atoms with Crippen molar-refractivity contribution < 1.29 is 22.7 Å². The maximum atomic E-state index is 12.5. The number of rotatable bonds is 9. The van der Waals surface area contributed by atoms with E-state index < -0.39 is 10.0 Å². The summed E-state index contributed by atoms with van der Waals surface area (Å²) in [6.45, 7) is 4.08. The smallest absolute Gasteiger partial charge is 0.271 e. The number of carbonyl (C=O) groups is 1. The first-order valence-electron chi connectivity index (χ1n) is 10.8. The Morgan fingerprint density at radius 2 is 1.63 bits per heavy atom. The van der Waals surface area contributed by atoms with Crippen LogP contribution in [-0.2, 0) is 16.6 Å². The molecule has 0 heterocycles. The fraction of sp³-hybridized carbons (Fsp3) is 0.231. The van der Waals surface area contributed by atoms with Gasteiger partial charge < -0.3 is 9.47 Å². The maximum Gasteiger partial charge on any atom is 0.271 e. The van der Waals surface area contributed by atoms with Crippen LogP contribution in [0, 0.1) is 13.8 Å². The molecule has 8 nitrogen and oxygen atoms in total. The minimum atomic E-state index is -3.50. The van der Waals surface area contributed by atoms with Crippen molar-refractivity contribution >= 4 is 27.8 Å². The summed E-state index contributed by atoms with van der Waals surface area (Å²) in [4.78, 5) is 12.5. The van der Waals surface area contributed by atoms with Gasteiger partial charge in [0.05, 0.1) is 38.9 Å². The number of hydrogen-bond acceptors (Lipinski definition) is 6. The third kappa shape index (κ3) is 6.60. The average Bonchev–Trinajstić information content (AvgIpc) is 2.83. The number of nitrogens with zero attached hydrogens (tertiary/aromatic N) is 2. The number of hydrazone groups is 1. The minimum Gasteiger partial charge on any atom is -0.493 e. The van der Waals surface area contributed by atoms with Crippen LogP contribution in [0.1, 0.15) is 32.6 Å². The van der Waals surface area contributed by atoms with E-state index in [2.05, 4.69) is 10.5 Å². The van der Waals surface area contributed by atoms with Crippen molar-refractivity contribution in [3.63, 3.8) is 0 Å². The Morgan fingerprint density at radius 3 is 2.23 bits per heavy atom. The van der Waals surface area contributed by atoms with Crippen LogP contribution >= 0.6 is 0 Å². The highest BCUT2D eigenvalue weighted by Gasteiger charge is 2.18. The lowest BCUT2D eigenvalue weighted by atomic mass is 10.1. The molecule has 1 N–H and O–H groups in total. The first-order valence-corrected chi connectivity index (χ1v) is 12.7. The molecule has 0 saturated carbocycles. The summed E-state index contributed by atoms with van der Waals surface area (Å²) in [6, 6.07) is 17.6. The van der Waals surface area contributed by atoms with E-state index in [0.29, 0.717) is 22.7 Å². The van der Waals surface area contributed by atoms with Crippen LogP contribution in [0.2, 0.25) is 0 Å². The van der Waals surface area contributed by atoms with Crippen molar-refractivity contribution in [2.24, 2.45) is 5.10 Å². The predicted octanol–water partition coefficient (Wildman–Crippen LogP) is 4.05. The number of nitrogens with one attached hydrogen (secondary N) is 1. The minimum absolute atomic E-state index is 0.153. The average molecular weight is 496 g/mol. The van der Waals surface area contributed by atoms with Crippen LogP contribution in [0.5, 0.6) is 11.5 Å². The first-order chi connectivity index (χ1) is 16.6. The number of sulfonamides is 1. The zero-order valence-electron chi connectivity index (χ0n) is 20.4. The Hall–Kier alpha value is -3.85. The second-order valence-corrected chi connectivity index (χ2v) is 9.96. The summed E-state index contributed by atoms with van der Waals surface area (Å²) < 4.78 is 36.7. The number of hydrogen-bond donors (Lipinski definition) is 1. The fourth-order valence-electron chi connectivity index (χ4n) is 3.37. The van der Waals surface area contributed by atoms with E-state index in [1.165, 1.54) is 16.8 Å². The van der Waals surface area contributed by atoms with Crippen LogP contribution in [0.3, 0.4) is 0 Å². The molecule has 0 aromatic heterocycles. The number of benzene rings is 3. The van der Waals surface area contributed by atoms with E-state index in [4.69, 9.17) is 9.47 Å². The lowest BCUT2D eigenvalue weighted by molar-refractivity contribution is 0.0955. The summed E-state index contributed by atoms with van der Waals surface area (Å²) in [5.74, 6) is 0.769. The van der Waals surface area contributed by atoms with Gasteiger partial charge in [0, 0.05) is 5.56 Å². The molecule has 184 valence electrons. The van der Waals surface area contributed by atoms with E-state index in [1.807, 2.05) is 26.0 Å². The van der Waals surface area contributed by atoms with Crippen LogP contribution in [0.25, 0.3) is 0 Å². The highest BCUT2D eigenvalue weighted by Crippen LogP contribution is 2.27. The quantitative estimate of drug-likeness (QED) is 0.357. The van der Waals surface area contributed by atoms with Crippen LogP contribution in [0.4, 0.5) is 5.69 Å². The molecule has 0 radical (unpaired) electrons. The molecule has 0 atom stereocenters. The van der Waals surface area contributed by atoms with Gasteiger partial charge >= 0.3 is 0 Å². The molecule has 9 heteroatoms. The Labute approximate surface area is 206 Å². The molecular formula is C26H29N3O5S. The summed E-state index contributed by atoms with van der Waals surface area (Å²) in [5.41, 5.74) is 7.06. The Balaban J connectivity index is 1.69. The molecular weight excluding hydrogens is 466 g/mol. The van der Waals surface area contributed by atoms with E-state index in [9.17, 15) is 13.2 Å². The van der Waals surface area contributed by atoms with Gasteiger partial charge in [-0.3, -0.25) is 9.10 Å². The molecule has 3 aromatic carbocycles. The fourth-order valence-corrected chi connectivity index (χ4v) is 4.25. The van der Waals surface area contributed by atoms with E-state index in [-0.39, 0.29) is 12.5 Å². The number of anilines is 1. The van der Waals surface area contributed by atoms with Gasteiger partial charge in [-0.05, 0) is 78.6 Å². The SMILES string of the molecule is COc1ccc(/C=N\NC(=O)c2ccc(CN(c3ccc(C)c(C)c3)S(C)(=O)=O)cc2)cc1OC. The topological polar surface area (TPSA) is 97.3 Å². The van der Waals surface area contributed by atoms with Crippen molar-refractivity contribution in [3.8, 4) is 11.5 Å². The lowest BCUT2D eigenvalue weighted by Gasteiger charge is -2.23. The number of aryl methyl sites for hydroxylation is 2. The van der Waals surface area contributed by atoms with Crippen molar-refractivity contribution in [1.29, 1.82) is 0 Å². The van der Waals surface area contributed by atoms with Crippen molar-refractivity contribution in [2.75, 3.05) is 24.8 Å². The molecule has 0 aliphatic heterocycles. The van der Waals surface area contributed by atoms with Crippen LogP contribution < -0.4 is 19.2 Å². The van der Waals surface area contributed by atoms with Crippen molar-refractivity contribution in [1.82, 2.24) is 5.43 Å². The van der Waals surface area contributed by atoms with E-state index >= 15 is 0 Å². The second kappa shape index (κ2) is 11.1. The Kier molecular flexibility index (Phi) is 8.14. The molecule has 35 heavy (non-hydrogen) atoms. The van der Waals surface area contributed by atoms with Gasteiger partial charge in [0.1, 0.15) is 0 Å². The van der Waals surface area contributed by atoms with Gasteiger partial charge in [0.2, 0.25) is 10.0 Å². The zero-order chi connectivity index (χ0) is 25.6. The monoisotopic (exact) mass is 495 g/mol. The highest BCUT2D eigenvalue weighted by atomic mass is 32.2. The molecule has 0 spiro atoms. The van der Waals surface area contributed by atoms with E-state index in [1.54, 1.807) is 62.8 Å². The summed E-state index contributed by atoms with van der Waals surface area (Å²) in [7, 11) is -0.404. The van der Waals surface area contributed by atoms with Gasteiger partial charge in [-0.15, -0.1) is 0 Å². The third-order valence-electron chi connectivity index (χ3n) is 5.51. The zero-order valence-corrected chi connectivity index (χ0v) is 21.2. The number of methoxy groups -OCH3 is 2. The van der Waals surface area contributed by atoms with Gasteiger partial charge in [0.15, 0.2) is 11.5 Å². The second-order valence-electron chi connectivity index (χ2n) is 8.05. The summed E-state index contributed by atoms with van der Waals surface area (Å²) in [5, 5.41) is 4.00. The van der Waals surface area contributed by atoms with Gasteiger partial charge in [-0.1, -0.05) is 18.2 Å². The highest BCUT2D eigenvalue weighted by molar-refractivity contribution is 7.92. The van der Waals surface area contributed by atoms with Gasteiger partial charge in [-0.2, -0.15) is 5.10 Å². The van der Waals surface area contributed by atoms with Crippen molar-refractivity contribution in [2.45, 2.75) is 20.4 Å². The molecule has 3 rings (SSSR count). The summed E-state index contributed by atoms with van der Waals surface area (Å²) >= 11 is 0. The Morgan fingerprint density at radius 1 is 0.943 bits per heavy atom. The van der Waals surface area contributed by atoms with Gasteiger partial charge in [0.25, 0.3) is 5.91 Å². The molecule has 1 amide bonds. The maximum absolute atomic E-state index is 12.5. The molecule has 0 aliphatic rings.